The number of carbonyl (C=O) groups excluding carboxylic acids is 1. The minimum atomic E-state index is -4.59. The number of nitrogens with two attached hydrogens (primary N) is 1. The highest BCUT2D eigenvalue weighted by Gasteiger charge is 2.39. The van der Waals surface area contributed by atoms with Crippen LogP contribution in [0.2, 0.25) is 5.02 Å². The number of aryl methyl sites for hydroxylation is 1. The number of carbonyl (C=O) groups is 1. The number of primary amides is 1. The first-order valence-corrected chi connectivity index (χ1v) is 8.47. The fourth-order valence-corrected chi connectivity index (χ4v) is 3.25. The molecule has 26 heavy (non-hydrogen) atoms. The number of benzene rings is 2. The molecule has 0 spiro atoms. The number of allylic oxidation sites excluding steroid dienone is 1. The molecule has 0 aliphatic carbocycles. The molecule has 1 amide bonds. The molecule has 0 fully saturated rings. The Morgan fingerprint density at radius 1 is 1.27 bits per heavy atom. The quantitative estimate of drug-likeness (QED) is 0.570. The van der Waals surface area contributed by atoms with Crippen molar-refractivity contribution in [3.8, 4) is 0 Å². The molecule has 0 aromatic heterocycles. The van der Waals surface area contributed by atoms with Crippen LogP contribution in [-0.4, -0.2) is 12.1 Å². The lowest BCUT2D eigenvalue weighted by molar-refractivity contribution is -0.139. The van der Waals surface area contributed by atoms with Gasteiger partial charge in [-0.2, -0.15) is 13.2 Å². The third kappa shape index (κ3) is 4.65. The molecule has 2 aromatic rings. The normalized spacial score (nSPS) is 13.2. The van der Waals surface area contributed by atoms with E-state index in [1.807, 2.05) is 0 Å². The highest BCUT2D eigenvalue weighted by atomic mass is 79.9. The van der Waals surface area contributed by atoms with Crippen molar-refractivity contribution in [2.75, 3.05) is 0 Å². The van der Waals surface area contributed by atoms with Crippen molar-refractivity contribution in [2.24, 2.45) is 5.73 Å². The van der Waals surface area contributed by atoms with Crippen molar-refractivity contribution in [3.63, 3.8) is 0 Å². The summed E-state index contributed by atoms with van der Waals surface area (Å²) in [4.78, 5) is 11.2. The molecule has 0 radical (unpaired) electrons. The van der Waals surface area contributed by atoms with Gasteiger partial charge in [0.2, 0.25) is 5.91 Å². The Hall–Kier alpha value is -1.86. The molecule has 0 saturated carbocycles. The van der Waals surface area contributed by atoms with Crippen LogP contribution >= 0.6 is 27.5 Å². The smallest absolute Gasteiger partial charge is 0.366 e. The Morgan fingerprint density at radius 3 is 2.42 bits per heavy atom. The van der Waals surface area contributed by atoms with E-state index >= 15 is 0 Å². The monoisotopic (exact) mass is 449 g/mol. The van der Waals surface area contributed by atoms with Crippen LogP contribution in [0, 0.1) is 12.7 Å². The SMILES string of the molecule is Cc1cc(C(/C=C/c2ccc(C(N)=O)c(Br)c2)C(F)(F)F)cc(Cl)c1F. The number of amides is 1. The molecule has 0 saturated heterocycles. The van der Waals surface area contributed by atoms with Crippen molar-refractivity contribution < 1.29 is 22.4 Å². The lowest BCUT2D eigenvalue weighted by atomic mass is 9.95. The maximum absolute atomic E-state index is 13.6. The minimum absolute atomic E-state index is 0.0312. The van der Waals surface area contributed by atoms with Gasteiger partial charge in [0.15, 0.2) is 0 Å². The van der Waals surface area contributed by atoms with Gasteiger partial charge in [-0.1, -0.05) is 35.9 Å². The summed E-state index contributed by atoms with van der Waals surface area (Å²) in [6, 6.07) is 6.45. The zero-order valence-electron chi connectivity index (χ0n) is 13.4. The predicted octanol–water partition coefficient (Wildman–Crippen LogP) is 6.01. The van der Waals surface area contributed by atoms with E-state index < -0.39 is 23.8 Å². The van der Waals surface area contributed by atoms with Crippen LogP contribution in [-0.2, 0) is 0 Å². The molecule has 0 heterocycles. The van der Waals surface area contributed by atoms with Gasteiger partial charge in [0.1, 0.15) is 5.82 Å². The van der Waals surface area contributed by atoms with E-state index in [1.54, 1.807) is 0 Å². The lowest BCUT2D eigenvalue weighted by Crippen LogP contribution is -2.19. The van der Waals surface area contributed by atoms with Gasteiger partial charge in [0.05, 0.1) is 16.5 Å². The first-order valence-electron chi connectivity index (χ1n) is 7.30. The predicted molar refractivity (Wildman–Crippen MR) is 96.6 cm³/mol. The summed E-state index contributed by atoms with van der Waals surface area (Å²) >= 11 is 8.83. The Kier molecular flexibility index (Phi) is 6.13. The topological polar surface area (TPSA) is 43.1 Å². The Balaban J connectivity index is 2.42. The van der Waals surface area contributed by atoms with Gasteiger partial charge in [0, 0.05) is 4.47 Å². The molecule has 2 nitrogen and oxygen atoms in total. The second kappa shape index (κ2) is 7.80. The Morgan fingerprint density at radius 2 is 1.92 bits per heavy atom. The van der Waals surface area contributed by atoms with Crippen molar-refractivity contribution in [3.05, 3.63) is 74.0 Å². The van der Waals surface area contributed by atoms with Gasteiger partial charge in [-0.05, 0) is 57.7 Å². The fraction of sp³-hybridized carbons (Fsp3) is 0.167. The van der Waals surface area contributed by atoms with Gasteiger partial charge in [0.25, 0.3) is 0 Å². The van der Waals surface area contributed by atoms with Crippen LogP contribution in [0.3, 0.4) is 0 Å². The average molecular weight is 451 g/mol. The maximum atomic E-state index is 13.6. The highest BCUT2D eigenvalue weighted by Crippen LogP contribution is 2.38. The van der Waals surface area contributed by atoms with Crippen LogP contribution in [0.25, 0.3) is 6.08 Å². The summed E-state index contributed by atoms with van der Waals surface area (Å²) in [6.45, 7) is 1.35. The van der Waals surface area contributed by atoms with Crippen LogP contribution < -0.4 is 5.73 Å². The molecular formula is C18H13BrClF4NO. The molecule has 2 N–H and O–H groups in total. The molecular weight excluding hydrogens is 438 g/mol. The molecule has 1 unspecified atom stereocenters. The second-order valence-corrected chi connectivity index (χ2v) is 6.88. The van der Waals surface area contributed by atoms with Crippen molar-refractivity contribution >= 4 is 39.5 Å². The van der Waals surface area contributed by atoms with Crippen molar-refractivity contribution in [1.82, 2.24) is 0 Å². The van der Waals surface area contributed by atoms with Gasteiger partial charge in [-0.15, -0.1) is 0 Å². The number of hydrogen-bond acceptors (Lipinski definition) is 1. The Bertz CT molecular complexity index is 857. The molecule has 0 bridgehead atoms. The van der Waals surface area contributed by atoms with E-state index in [1.165, 1.54) is 31.2 Å². The minimum Gasteiger partial charge on any atom is -0.366 e. The third-order valence-electron chi connectivity index (χ3n) is 3.68. The standard InChI is InChI=1S/C18H13BrClF4NO/c1-9-6-11(8-15(20)16(9)21)13(18(22,23)24)5-3-10-2-4-12(17(25)26)14(19)7-10/h2-8,13H,1H3,(H2,25,26)/b5-3+. The molecule has 138 valence electrons. The second-order valence-electron chi connectivity index (χ2n) is 5.62. The highest BCUT2D eigenvalue weighted by molar-refractivity contribution is 9.10. The van der Waals surface area contributed by atoms with Gasteiger partial charge >= 0.3 is 6.18 Å². The van der Waals surface area contributed by atoms with E-state index in [-0.39, 0.29) is 21.7 Å². The average Bonchev–Trinajstić information content (AvgIpc) is 2.51. The summed E-state index contributed by atoms with van der Waals surface area (Å²) in [6.07, 6.45) is -2.37. The van der Waals surface area contributed by atoms with Crippen LogP contribution in [0.15, 0.2) is 40.9 Å². The van der Waals surface area contributed by atoms with E-state index in [0.29, 0.717) is 10.0 Å². The molecule has 1 atom stereocenters. The van der Waals surface area contributed by atoms with Crippen LogP contribution in [0.4, 0.5) is 17.6 Å². The number of hydrogen-bond donors (Lipinski definition) is 1. The number of rotatable bonds is 4. The van der Waals surface area contributed by atoms with Crippen molar-refractivity contribution in [1.29, 1.82) is 0 Å². The van der Waals surface area contributed by atoms with E-state index in [2.05, 4.69) is 15.9 Å². The van der Waals surface area contributed by atoms with Crippen molar-refractivity contribution in [2.45, 2.75) is 19.0 Å². The zero-order valence-corrected chi connectivity index (χ0v) is 15.7. The summed E-state index contributed by atoms with van der Waals surface area (Å²) in [7, 11) is 0. The van der Waals surface area contributed by atoms with Crippen LogP contribution in [0.5, 0.6) is 0 Å². The summed E-state index contributed by atoms with van der Waals surface area (Å²) in [5.74, 6) is -3.36. The first kappa shape index (κ1) is 20.5. The molecule has 2 rings (SSSR count). The van der Waals surface area contributed by atoms with E-state index in [0.717, 1.165) is 18.2 Å². The lowest BCUT2D eigenvalue weighted by Gasteiger charge is -2.18. The summed E-state index contributed by atoms with van der Waals surface area (Å²) in [5.41, 5.74) is 5.70. The van der Waals surface area contributed by atoms with Gasteiger partial charge in [-0.25, -0.2) is 4.39 Å². The van der Waals surface area contributed by atoms with Crippen LogP contribution in [0.1, 0.15) is 33.0 Å². The first-order chi connectivity index (χ1) is 12.0. The van der Waals surface area contributed by atoms with Gasteiger partial charge < -0.3 is 5.73 Å². The third-order valence-corrected chi connectivity index (χ3v) is 4.62. The molecule has 2 aromatic carbocycles. The summed E-state index contributed by atoms with van der Waals surface area (Å²) < 4.78 is 54.4. The molecule has 0 aliphatic heterocycles. The molecule has 0 aliphatic rings. The van der Waals surface area contributed by atoms with E-state index in [4.69, 9.17) is 17.3 Å². The Labute approximate surface area is 160 Å². The maximum Gasteiger partial charge on any atom is 0.399 e. The number of alkyl halides is 3. The largest absolute Gasteiger partial charge is 0.399 e. The van der Waals surface area contributed by atoms with E-state index in [9.17, 15) is 22.4 Å². The molecule has 8 heteroatoms. The van der Waals surface area contributed by atoms with Gasteiger partial charge in [-0.3, -0.25) is 4.79 Å². The zero-order chi connectivity index (χ0) is 19.6. The fourth-order valence-electron chi connectivity index (χ4n) is 2.38. The summed E-state index contributed by atoms with van der Waals surface area (Å²) in [5, 5.41) is -0.365. The number of halogens is 6.